The molecule has 0 aromatic carbocycles. The molecule has 2 nitrogen and oxygen atoms in total. The number of aryl methyl sites for hydroxylation is 2. The molecule has 0 saturated carbocycles. The van der Waals surface area contributed by atoms with E-state index in [2.05, 4.69) is 46.0 Å². The van der Waals surface area contributed by atoms with Gasteiger partial charge in [0.2, 0.25) is 0 Å². The predicted octanol–water partition coefficient (Wildman–Crippen LogP) is 4.76. The molecule has 3 atom stereocenters. The summed E-state index contributed by atoms with van der Waals surface area (Å²) in [5, 5.41) is 3.74. The molecule has 1 aromatic rings. The van der Waals surface area contributed by atoms with Crippen LogP contribution < -0.4 is 5.32 Å². The molecule has 0 aliphatic rings. The largest absolute Gasteiger partial charge is 0.466 e. The Balaban J connectivity index is 2.61. The van der Waals surface area contributed by atoms with Gasteiger partial charge in [0.05, 0.1) is 0 Å². The van der Waals surface area contributed by atoms with Crippen molar-refractivity contribution in [2.75, 3.05) is 0 Å². The number of hydrogen-bond acceptors (Lipinski definition) is 2. The quantitative estimate of drug-likeness (QED) is 0.755. The van der Waals surface area contributed by atoms with Crippen LogP contribution >= 0.6 is 0 Å². The van der Waals surface area contributed by atoms with E-state index in [9.17, 15) is 0 Å². The number of rotatable bonds is 7. The molecule has 1 heterocycles. The number of nitrogens with one attached hydrogen (secondary N) is 1. The van der Waals surface area contributed by atoms with Gasteiger partial charge in [-0.1, -0.05) is 27.2 Å². The molecule has 104 valence electrons. The van der Waals surface area contributed by atoms with Gasteiger partial charge in [-0.3, -0.25) is 0 Å². The van der Waals surface area contributed by atoms with Crippen molar-refractivity contribution in [3.05, 3.63) is 23.2 Å². The van der Waals surface area contributed by atoms with Crippen molar-refractivity contribution in [1.82, 2.24) is 5.32 Å². The van der Waals surface area contributed by atoms with Crippen LogP contribution in [0.1, 0.15) is 70.1 Å². The smallest absolute Gasteiger partial charge is 0.105 e. The lowest BCUT2D eigenvalue weighted by Crippen LogP contribution is -2.32. The van der Waals surface area contributed by atoms with Gasteiger partial charge in [0, 0.05) is 17.6 Å². The zero-order valence-corrected chi connectivity index (χ0v) is 12.8. The Labute approximate surface area is 112 Å². The van der Waals surface area contributed by atoms with E-state index in [1.165, 1.54) is 24.8 Å². The highest BCUT2D eigenvalue weighted by molar-refractivity contribution is 5.23. The van der Waals surface area contributed by atoms with Crippen molar-refractivity contribution >= 4 is 0 Å². The highest BCUT2D eigenvalue weighted by Gasteiger charge is 2.17. The maximum atomic E-state index is 5.61. The van der Waals surface area contributed by atoms with Gasteiger partial charge in [0.25, 0.3) is 0 Å². The van der Waals surface area contributed by atoms with E-state index in [1.54, 1.807) is 0 Å². The molecule has 0 spiro atoms. The van der Waals surface area contributed by atoms with Crippen LogP contribution in [0.5, 0.6) is 0 Å². The van der Waals surface area contributed by atoms with Gasteiger partial charge in [-0.05, 0) is 45.6 Å². The van der Waals surface area contributed by atoms with Crippen LogP contribution in [0.15, 0.2) is 10.5 Å². The van der Waals surface area contributed by atoms with Gasteiger partial charge in [-0.2, -0.15) is 0 Å². The van der Waals surface area contributed by atoms with Crippen LogP contribution in [-0.2, 0) is 0 Å². The molecule has 2 heteroatoms. The second kappa shape index (κ2) is 6.98. The van der Waals surface area contributed by atoms with Crippen molar-refractivity contribution < 1.29 is 4.42 Å². The fourth-order valence-electron chi connectivity index (χ4n) is 2.53. The summed E-state index contributed by atoms with van der Waals surface area (Å²) in [5.74, 6) is 2.85. The molecule has 0 saturated heterocycles. The van der Waals surface area contributed by atoms with Crippen molar-refractivity contribution in [3.63, 3.8) is 0 Å². The summed E-state index contributed by atoms with van der Waals surface area (Å²) in [4.78, 5) is 0. The van der Waals surface area contributed by atoms with Gasteiger partial charge in [0.15, 0.2) is 0 Å². The SMILES string of the molecule is CCC(C)CC(CC)NC(C)c1cc(C)oc1C. The third kappa shape index (κ3) is 4.16. The molecule has 1 N–H and O–H groups in total. The van der Waals surface area contributed by atoms with Crippen LogP contribution in [0.3, 0.4) is 0 Å². The van der Waals surface area contributed by atoms with Crippen molar-refractivity contribution in [2.24, 2.45) is 5.92 Å². The second-order valence-electron chi connectivity index (χ2n) is 5.61. The highest BCUT2D eigenvalue weighted by Crippen LogP contribution is 2.23. The first-order chi connectivity index (χ1) is 8.47. The molecule has 0 aliphatic heterocycles. The molecule has 0 amide bonds. The van der Waals surface area contributed by atoms with Gasteiger partial charge in [0.1, 0.15) is 11.5 Å². The van der Waals surface area contributed by atoms with Gasteiger partial charge < -0.3 is 9.73 Å². The Bertz CT molecular complexity index is 356. The van der Waals surface area contributed by atoms with Crippen molar-refractivity contribution in [2.45, 2.75) is 72.9 Å². The minimum absolute atomic E-state index is 0.372. The normalized spacial score (nSPS) is 16.6. The van der Waals surface area contributed by atoms with E-state index in [0.29, 0.717) is 12.1 Å². The van der Waals surface area contributed by atoms with Crippen LogP contribution in [0.2, 0.25) is 0 Å². The summed E-state index contributed by atoms with van der Waals surface area (Å²) >= 11 is 0. The average molecular weight is 251 g/mol. The van der Waals surface area contributed by atoms with E-state index < -0.39 is 0 Å². The van der Waals surface area contributed by atoms with Crippen LogP contribution in [0.4, 0.5) is 0 Å². The Hall–Kier alpha value is -0.760. The lowest BCUT2D eigenvalue weighted by molar-refractivity contribution is 0.357. The molecule has 0 fully saturated rings. The Morgan fingerprint density at radius 3 is 2.28 bits per heavy atom. The van der Waals surface area contributed by atoms with E-state index in [-0.39, 0.29) is 0 Å². The van der Waals surface area contributed by atoms with E-state index in [4.69, 9.17) is 4.42 Å². The second-order valence-corrected chi connectivity index (χ2v) is 5.61. The molecule has 0 aliphatic carbocycles. The first kappa shape index (κ1) is 15.3. The lowest BCUT2D eigenvalue weighted by atomic mass is 9.96. The summed E-state index contributed by atoms with van der Waals surface area (Å²) in [6.07, 6.45) is 3.70. The number of furan rings is 1. The molecule has 18 heavy (non-hydrogen) atoms. The Morgan fingerprint density at radius 2 is 1.83 bits per heavy atom. The minimum atomic E-state index is 0.372. The van der Waals surface area contributed by atoms with E-state index >= 15 is 0 Å². The zero-order chi connectivity index (χ0) is 13.7. The minimum Gasteiger partial charge on any atom is -0.466 e. The molecule has 1 aromatic heterocycles. The van der Waals surface area contributed by atoms with E-state index in [0.717, 1.165) is 17.4 Å². The van der Waals surface area contributed by atoms with Gasteiger partial charge in [-0.25, -0.2) is 0 Å². The van der Waals surface area contributed by atoms with Crippen molar-refractivity contribution in [1.29, 1.82) is 0 Å². The fraction of sp³-hybridized carbons (Fsp3) is 0.750. The summed E-state index contributed by atoms with van der Waals surface area (Å²) in [7, 11) is 0. The molecule has 0 radical (unpaired) electrons. The third-order valence-electron chi connectivity index (χ3n) is 3.91. The topological polar surface area (TPSA) is 25.2 Å². The lowest BCUT2D eigenvalue weighted by Gasteiger charge is -2.24. The van der Waals surface area contributed by atoms with Crippen LogP contribution in [0.25, 0.3) is 0 Å². The Morgan fingerprint density at radius 1 is 1.17 bits per heavy atom. The van der Waals surface area contributed by atoms with Gasteiger partial charge >= 0.3 is 0 Å². The predicted molar refractivity (Wildman–Crippen MR) is 77.9 cm³/mol. The van der Waals surface area contributed by atoms with Crippen molar-refractivity contribution in [3.8, 4) is 0 Å². The number of hydrogen-bond donors (Lipinski definition) is 1. The average Bonchev–Trinajstić information content (AvgIpc) is 2.67. The molecule has 1 rings (SSSR count). The standard InChI is InChI=1S/C16H29NO/c1-7-11(3)9-15(8-2)17-13(5)16-10-12(4)18-14(16)6/h10-11,13,15,17H,7-9H2,1-6H3. The monoisotopic (exact) mass is 251 g/mol. The van der Waals surface area contributed by atoms with Gasteiger partial charge in [-0.15, -0.1) is 0 Å². The molecular weight excluding hydrogens is 222 g/mol. The summed E-state index contributed by atoms with van der Waals surface area (Å²) < 4.78 is 5.61. The van der Waals surface area contributed by atoms with Crippen LogP contribution in [-0.4, -0.2) is 6.04 Å². The summed E-state index contributed by atoms with van der Waals surface area (Å²) in [5.41, 5.74) is 1.30. The fourth-order valence-corrected chi connectivity index (χ4v) is 2.53. The highest BCUT2D eigenvalue weighted by atomic mass is 16.3. The molecule has 3 unspecified atom stereocenters. The van der Waals surface area contributed by atoms with E-state index in [1.807, 2.05) is 6.92 Å². The zero-order valence-electron chi connectivity index (χ0n) is 12.8. The summed E-state index contributed by atoms with van der Waals surface area (Å²) in [6.45, 7) is 13.2. The maximum Gasteiger partial charge on any atom is 0.105 e. The maximum absolute atomic E-state index is 5.61. The Kier molecular flexibility index (Phi) is 5.94. The molecular formula is C16H29NO. The van der Waals surface area contributed by atoms with Crippen LogP contribution in [0, 0.1) is 19.8 Å². The first-order valence-electron chi connectivity index (χ1n) is 7.30. The third-order valence-corrected chi connectivity index (χ3v) is 3.91. The molecule has 0 bridgehead atoms. The first-order valence-corrected chi connectivity index (χ1v) is 7.30. The summed E-state index contributed by atoms with van der Waals surface area (Å²) in [6, 6.07) is 3.13.